The average Bonchev–Trinajstić information content (AvgIpc) is 2.33. The average molecular weight is 282 g/mol. The second-order valence-corrected chi connectivity index (χ2v) is 4.94. The molecule has 1 aromatic carbocycles. The molecule has 0 bridgehead atoms. The Hall–Kier alpha value is -1.03. The van der Waals surface area contributed by atoms with Gasteiger partial charge in [-0.2, -0.15) is 5.10 Å². The van der Waals surface area contributed by atoms with Gasteiger partial charge in [-0.1, -0.05) is 22.0 Å². The zero-order valence-electron chi connectivity index (χ0n) is 9.19. The number of anilines is 1. The van der Waals surface area contributed by atoms with Crippen LogP contribution in [0.1, 0.15) is 24.8 Å². The Kier molecular flexibility index (Phi) is 3.83. The van der Waals surface area contributed by atoms with Crippen molar-refractivity contribution in [3.05, 3.63) is 28.2 Å². The number of rotatable bonds is 2. The molecule has 2 N–H and O–H groups in total. The smallest absolute Gasteiger partial charge is 0.0558 e. The van der Waals surface area contributed by atoms with Crippen molar-refractivity contribution in [3.63, 3.8) is 0 Å². The predicted octanol–water partition coefficient (Wildman–Crippen LogP) is 2.73. The van der Waals surface area contributed by atoms with Crippen molar-refractivity contribution in [2.24, 2.45) is 10.9 Å². The van der Waals surface area contributed by atoms with Gasteiger partial charge in [0.25, 0.3) is 0 Å². The van der Waals surface area contributed by atoms with Crippen LogP contribution in [0, 0.1) is 0 Å². The summed E-state index contributed by atoms with van der Waals surface area (Å²) in [6, 6.07) is 6.21. The van der Waals surface area contributed by atoms with Crippen molar-refractivity contribution >= 4 is 27.8 Å². The van der Waals surface area contributed by atoms with Crippen LogP contribution in [0.2, 0.25) is 0 Å². The maximum Gasteiger partial charge on any atom is 0.0558 e. The van der Waals surface area contributed by atoms with Gasteiger partial charge in [0.15, 0.2) is 0 Å². The van der Waals surface area contributed by atoms with Gasteiger partial charge < -0.3 is 10.7 Å². The minimum Gasteiger partial charge on any atom is -0.371 e. The molecule has 1 aliphatic rings. The van der Waals surface area contributed by atoms with Crippen LogP contribution < -0.4 is 10.7 Å². The molecule has 0 radical (unpaired) electrons. The van der Waals surface area contributed by atoms with E-state index in [1.165, 1.54) is 24.9 Å². The summed E-state index contributed by atoms with van der Waals surface area (Å²) in [6.45, 7) is 2.25. The molecule has 0 saturated carbocycles. The molecule has 16 heavy (non-hydrogen) atoms. The van der Waals surface area contributed by atoms with Crippen LogP contribution in [0.15, 0.2) is 27.8 Å². The van der Waals surface area contributed by atoms with Crippen molar-refractivity contribution in [3.8, 4) is 0 Å². The third-order valence-electron chi connectivity index (χ3n) is 2.90. The Bertz CT molecular complexity index is 384. The summed E-state index contributed by atoms with van der Waals surface area (Å²) >= 11 is 3.51. The number of hydrogen-bond acceptors (Lipinski definition) is 3. The van der Waals surface area contributed by atoms with Gasteiger partial charge in [0.05, 0.1) is 6.21 Å². The highest BCUT2D eigenvalue weighted by Crippen LogP contribution is 2.26. The van der Waals surface area contributed by atoms with Crippen LogP contribution in [-0.2, 0) is 0 Å². The first-order valence-electron chi connectivity index (χ1n) is 5.59. The molecule has 2 rings (SSSR count). The summed E-state index contributed by atoms with van der Waals surface area (Å²) in [5, 5.41) is 3.62. The van der Waals surface area contributed by atoms with Gasteiger partial charge in [-0.3, -0.25) is 0 Å². The predicted molar refractivity (Wildman–Crippen MR) is 72.0 cm³/mol. The van der Waals surface area contributed by atoms with Crippen molar-refractivity contribution in [2.75, 3.05) is 18.0 Å². The minimum atomic E-state index is 1.09. The molecule has 0 amide bonds. The zero-order chi connectivity index (χ0) is 11.4. The van der Waals surface area contributed by atoms with E-state index < -0.39 is 0 Å². The lowest BCUT2D eigenvalue weighted by atomic mass is 10.1. The van der Waals surface area contributed by atoms with E-state index in [0.29, 0.717) is 0 Å². The SMILES string of the molecule is NN=Cc1ccc(Br)cc1N1CCCCC1. The molecule has 1 heterocycles. The van der Waals surface area contributed by atoms with Gasteiger partial charge in [0, 0.05) is 28.8 Å². The number of hydrogen-bond donors (Lipinski definition) is 1. The van der Waals surface area contributed by atoms with Crippen LogP contribution >= 0.6 is 15.9 Å². The molecule has 0 atom stereocenters. The summed E-state index contributed by atoms with van der Waals surface area (Å²) in [5.41, 5.74) is 2.32. The van der Waals surface area contributed by atoms with E-state index in [2.05, 4.69) is 32.0 Å². The number of nitrogens with two attached hydrogens (primary N) is 1. The van der Waals surface area contributed by atoms with Gasteiger partial charge in [-0.15, -0.1) is 0 Å². The van der Waals surface area contributed by atoms with Crippen LogP contribution in [0.5, 0.6) is 0 Å². The molecule has 3 nitrogen and oxygen atoms in total. The Morgan fingerprint density at radius 3 is 2.69 bits per heavy atom. The molecule has 1 fully saturated rings. The maximum atomic E-state index is 5.24. The first-order chi connectivity index (χ1) is 7.81. The fourth-order valence-corrected chi connectivity index (χ4v) is 2.46. The topological polar surface area (TPSA) is 41.6 Å². The van der Waals surface area contributed by atoms with E-state index in [4.69, 9.17) is 5.84 Å². The Morgan fingerprint density at radius 1 is 1.25 bits per heavy atom. The summed E-state index contributed by atoms with van der Waals surface area (Å²) in [6.07, 6.45) is 5.60. The van der Waals surface area contributed by atoms with Crippen molar-refractivity contribution < 1.29 is 0 Å². The minimum absolute atomic E-state index is 1.09. The van der Waals surface area contributed by atoms with Gasteiger partial charge >= 0.3 is 0 Å². The van der Waals surface area contributed by atoms with Gasteiger partial charge in [-0.05, 0) is 31.4 Å². The van der Waals surface area contributed by atoms with Crippen molar-refractivity contribution in [2.45, 2.75) is 19.3 Å². The first-order valence-corrected chi connectivity index (χ1v) is 6.38. The van der Waals surface area contributed by atoms with Crippen molar-refractivity contribution in [1.29, 1.82) is 0 Å². The number of nitrogens with zero attached hydrogens (tertiary/aromatic N) is 2. The number of halogens is 1. The molecular weight excluding hydrogens is 266 g/mol. The quantitative estimate of drug-likeness (QED) is 0.515. The standard InChI is InChI=1S/C12H16BrN3/c13-11-5-4-10(9-15-14)12(8-11)16-6-2-1-3-7-16/h4-5,8-9H,1-3,6-7,14H2. The van der Waals surface area contributed by atoms with E-state index in [0.717, 1.165) is 23.1 Å². The lowest BCUT2D eigenvalue weighted by Gasteiger charge is -2.30. The van der Waals surface area contributed by atoms with Crippen LogP contribution in [0.4, 0.5) is 5.69 Å². The molecule has 86 valence electrons. The van der Waals surface area contributed by atoms with Crippen molar-refractivity contribution in [1.82, 2.24) is 0 Å². The summed E-state index contributed by atoms with van der Waals surface area (Å²) in [7, 11) is 0. The Labute approximate surface area is 104 Å². The molecule has 0 aliphatic carbocycles. The number of hydrazone groups is 1. The monoisotopic (exact) mass is 281 g/mol. The van der Waals surface area contributed by atoms with E-state index >= 15 is 0 Å². The third kappa shape index (κ3) is 2.55. The number of piperidine rings is 1. The molecule has 0 unspecified atom stereocenters. The van der Waals surface area contributed by atoms with E-state index in [1.807, 2.05) is 12.1 Å². The van der Waals surface area contributed by atoms with E-state index in [1.54, 1.807) is 6.21 Å². The second-order valence-electron chi connectivity index (χ2n) is 4.03. The Morgan fingerprint density at radius 2 is 2.00 bits per heavy atom. The first kappa shape index (κ1) is 11.5. The largest absolute Gasteiger partial charge is 0.371 e. The summed E-state index contributed by atoms with van der Waals surface area (Å²) in [4.78, 5) is 2.41. The molecular formula is C12H16BrN3. The fourth-order valence-electron chi connectivity index (χ4n) is 2.11. The molecule has 0 spiro atoms. The summed E-state index contributed by atoms with van der Waals surface area (Å²) < 4.78 is 1.10. The van der Waals surface area contributed by atoms with Gasteiger partial charge in [0.1, 0.15) is 0 Å². The molecule has 1 aliphatic heterocycles. The fraction of sp³-hybridized carbons (Fsp3) is 0.417. The summed E-state index contributed by atoms with van der Waals surface area (Å²) in [5.74, 6) is 5.24. The van der Waals surface area contributed by atoms with Crippen LogP contribution in [0.3, 0.4) is 0 Å². The molecule has 1 aromatic rings. The number of benzene rings is 1. The lowest BCUT2D eigenvalue weighted by Crippen LogP contribution is -2.30. The zero-order valence-corrected chi connectivity index (χ0v) is 10.8. The second kappa shape index (κ2) is 5.34. The van der Waals surface area contributed by atoms with Crippen LogP contribution in [0.25, 0.3) is 0 Å². The highest BCUT2D eigenvalue weighted by Gasteiger charge is 2.13. The van der Waals surface area contributed by atoms with E-state index in [9.17, 15) is 0 Å². The highest BCUT2D eigenvalue weighted by atomic mass is 79.9. The molecule has 1 saturated heterocycles. The van der Waals surface area contributed by atoms with Gasteiger partial charge in [-0.25, -0.2) is 0 Å². The molecule has 4 heteroatoms. The Balaban J connectivity index is 2.32. The highest BCUT2D eigenvalue weighted by molar-refractivity contribution is 9.10. The van der Waals surface area contributed by atoms with Gasteiger partial charge in [0.2, 0.25) is 0 Å². The third-order valence-corrected chi connectivity index (χ3v) is 3.40. The maximum absolute atomic E-state index is 5.24. The normalized spacial score (nSPS) is 16.9. The molecule has 0 aromatic heterocycles. The van der Waals surface area contributed by atoms with Crippen LogP contribution in [-0.4, -0.2) is 19.3 Å². The van der Waals surface area contributed by atoms with E-state index in [-0.39, 0.29) is 0 Å². The lowest BCUT2D eigenvalue weighted by molar-refractivity contribution is 0.577.